The molecule has 0 saturated carbocycles. The third-order valence-electron chi connectivity index (χ3n) is 4.09. The maximum absolute atomic E-state index is 12.6. The Labute approximate surface area is 140 Å². The molecule has 7 nitrogen and oxygen atoms in total. The molecule has 0 saturated heterocycles. The number of hydrogen-bond donors (Lipinski definition) is 2. The van der Waals surface area contributed by atoms with E-state index < -0.39 is 16.1 Å². The van der Waals surface area contributed by atoms with Gasteiger partial charge < -0.3 is 9.84 Å². The van der Waals surface area contributed by atoms with Crippen LogP contribution in [0, 0.1) is 13.8 Å². The number of sulfonamides is 1. The van der Waals surface area contributed by atoms with Crippen LogP contribution in [0.5, 0.6) is 0 Å². The number of carbonyl (C=O) groups is 1. The minimum absolute atomic E-state index is 0.00223. The predicted octanol–water partition coefficient (Wildman–Crippen LogP) is 2.22. The summed E-state index contributed by atoms with van der Waals surface area (Å²) in [6.45, 7) is 4.94. The van der Waals surface area contributed by atoms with E-state index in [0.717, 1.165) is 16.8 Å². The van der Waals surface area contributed by atoms with Gasteiger partial charge in [-0.15, -0.1) is 0 Å². The van der Waals surface area contributed by atoms with Crippen molar-refractivity contribution in [2.24, 2.45) is 0 Å². The van der Waals surface area contributed by atoms with Gasteiger partial charge in [-0.1, -0.05) is 17.3 Å². The van der Waals surface area contributed by atoms with E-state index in [0.29, 0.717) is 18.5 Å². The number of nitrogens with one attached hydrogen (secondary N) is 2. The summed E-state index contributed by atoms with van der Waals surface area (Å²) in [5, 5.41) is 6.51. The minimum atomic E-state index is -3.73. The summed E-state index contributed by atoms with van der Waals surface area (Å²) >= 11 is 0. The molecule has 1 atom stereocenters. The van der Waals surface area contributed by atoms with Gasteiger partial charge in [-0.2, -0.15) is 0 Å². The first-order chi connectivity index (χ1) is 11.3. The fourth-order valence-corrected chi connectivity index (χ4v) is 4.45. The van der Waals surface area contributed by atoms with Crippen molar-refractivity contribution < 1.29 is 17.7 Å². The quantitative estimate of drug-likeness (QED) is 0.881. The second-order valence-corrected chi connectivity index (χ2v) is 7.61. The average Bonchev–Trinajstić information content (AvgIpc) is 2.85. The average molecular weight is 349 g/mol. The molecule has 0 bridgehead atoms. The summed E-state index contributed by atoms with van der Waals surface area (Å²) in [6.07, 6.45) is 1.09. The first-order valence-electron chi connectivity index (χ1n) is 7.66. The molecule has 0 radical (unpaired) electrons. The van der Waals surface area contributed by atoms with E-state index >= 15 is 0 Å². The van der Waals surface area contributed by atoms with Crippen molar-refractivity contribution in [3.05, 3.63) is 40.8 Å². The van der Waals surface area contributed by atoms with E-state index in [1.807, 2.05) is 18.2 Å². The van der Waals surface area contributed by atoms with Gasteiger partial charge in [-0.25, -0.2) is 13.1 Å². The molecule has 0 unspecified atom stereocenters. The monoisotopic (exact) mass is 349 g/mol. The summed E-state index contributed by atoms with van der Waals surface area (Å²) in [6, 6.07) is 5.12. The number of carbonyl (C=O) groups excluding carboxylic acids is 1. The van der Waals surface area contributed by atoms with Gasteiger partial charge in [-0.3, -0.25) is 4.79 Å². The van der Waals surface area contributed by atoms with Crippen LogP contribution in [-0.2, 0) is 21.2 Å². The Balaban J connectivity index is 1.85. The van der Waals surface area contributed by atoms with Gasteiger partial charge in [0.25, 0.3) is 0 Å². The molecule has 2 N–H and O–H groups in total. The topological polar surface area (TPSA) is 101 Å². The number of fused-ring (bicyclic) bond motifs is 1. The van der Waals surface area contributed by atoms with E-state index in [-0.39, 0.29) is 16.6 Å². The van der Waals surface area contributed by atoms with Crippen LogP contribution < -0.4 is 10.0 Å². The Hall–Kier alpha value is -2.19. The molecule has 1 aliphatic heterocycles. The minimum Gasteiger partial charge on any atom is -0.360 e. The first-order valence-corrected chi connectivity index (χ1v) is 9.14. The van der Waals surface area contributed by atoms with Crippen molar-refractivity contribution in [3.63, 3.8) is 0 Å². The van der Waals surface area contributed by atoms with Crippen LogP contribution in [0.2, 0.25) is 0 Å². The lowest BCUT2D eigenvalue weighted by atomic mass is 9.98. The zero-order valence-corrected chi connectivity index (χ0v) is 14.5. The summed E-state index contributed by atoms with van der Waals surface area (Å²) < 4.78 is 32.8. The van der Waals surface area contributed by atoms with Gasteiger partial charge in [0.2, 0.25) is 15.9 Å². The molecule has 1 aliphatic rings. The normalized spacial score (nSPS) is 15.7. The summed E-state index contributed by atoms with van der Waals surface area (Å²) in [4.78, 5) is 11.5. The molecule has 1 aromatic carbocycles. The van der Waals surface area contributed by atoms with Gasteiger partial charge >= 0.3 is 0 Å². The number of amides is 1. The van der Waals surface area contributed by atoms with Crippen molar-refractivity contribution in [3.8, 4) is 0 Å². The zero-order valence-electron chi connectivity index (χ0n) is 13.7. The Kier molecular flexibility index (Phi) is 4.18. The number of hydrogen-bond acceptors (Lipinski definition) is 5. The SMILES string of the molecule is Cc1noc(C)c1S(=O)(=O)N[C@@H](C)c1ccc2c(c1)CCC(=O)N2. The molecule has 1 aromatic heterocycles. The van der Waals surface area contributed by atoms with Crippen LogP contribution in [-0.4, -0.2) is 19.5 Å². The van der Waals surface area contributed by atoms with Gasteiger partial charge in [0.05, 0.1) is 0 Å². The van der Waals surface area contributed by atoms with Crippen molar-refractivity contribution in [1.82, 2.24) is 9.88 Å². The molecule has 8 heteroatoms. The molecule has 0 spiro atoms. The molecule has 0 aliphatic carbocycles. The fourth-order valence-electron chi connectivity index (χ4n) is 2.89. The van der Waals surface area contributed by atoms with E-state index in [2.05, 4.69) is 15.2 Å². The summed E-state index contributed by atoms with van der Waals surface area (Å²) in [7, 11) is -3.73. The Morgan fingerprint density at radius 1 is 1.29 bits per heavy atom. The maximum Gasteiger partial charge on any atom is 0.246 e. The molecular weight excluding hydrogens is 330 g/mol. The van der Waals surface area contributed by atoms with Gasteiger partial charge in [0.1, 0.15) is 10.6 Å². The third kappa shape index (κ3) is 3.07. The zero-order chi connectivity index (χ0) is 17.5. The van der Waals surface area contributed by atoms with Gasteiger partial charge in [0.15, 0.2) is 5.76 Å². The Morgan fingerprint density at radius 2 is 2.04 bits per heavy atom. The van der Waals surface area contributed by atoms with Crippen molar-refractivity contribution in [1.29, 1.82) is 0 Å². The Bertz CT molecular complexity index is 883. The molecule has 128 valence electrons. The smallest absolute Gasteiger partial charge is 0.246 e. The van der Waals surface area contributed by atoms with Crippen LogP contribution in [0.3, 0.4) is 0 Å². The lowest BCUT2D eigenvalue weighted by Gasteiger charge is -2.20. The van der Waals surface area contributed by atoms with Crippen molar-refractivity contribution >= 4 is 21.6 Å². The second kappa shape index (κ2) is 6.03. The highest BCUT2D eigenvalue weighted by Gasteiger charge is 2.26. The molecule has 0 fully saturated rings. The lowest BCUT2D eigenvalue weighted by molar-refractivity contribution is -0.116. The predicted molar refractivity (Wildman–Crippen MR) is 88.1 cm³/mol. The standard InChI is InChI=1S/C16H19N3O4S/c1-9(19-24(21,22)16-10(2)18-23-11(16)3)12-4-6-14-13(8-12)5-7-15(20)17-14/h4,6,8-9,19H,5,7H2,1-3H3,(H,17,20)/t9-/m0/s1. The molecule has 3 rings (SSSR count). The van der Waals surface area contributed by atoms with Gasteiger partial charge in [0, 0.05) is 18.2 Å². The summed E-state index contributed by atoms with van der Waals surface area (Å²) in [5.74, 6) is 0.266. The van der Waals surface area contributed by atoms with Crippen molar-refractivity contribution in [2.45, 2.75) is 44.6 Å². The van der Waals surface area contributed by atoms with Crippen molar-refractivity contribution in [2.75, 3.05) is 5.32 Å². The van der Waals surface area contributed by atoms with Crippen LogP contribution in [0.4, 0.5) is 5.69 Å². The van der Waals surface area contributed by atoms with E-state index in [4.69, 9.17) is 4.52 Å². The highest BCUT2D eigenvalue weighted by Crippen LogP contribution is 2.27. The third-order valence-corrected chi connectivity index (χ3v) is 5.88. The van der Waals surface area contributed by atoms with E-state index in [9.17, 15) is 13.2 Å². The highest BCUT2D eigenvalue weighted by molar-refractivity contribution is 7.89. The number of rotatable bonds is 4. The largest absolute Gasteiger partial charge is 0.360 e. The molecule has 2 heterocycles. The Morgan fingerprint density at radius 3 is 2.71 bits per heavy atom. The molecule has 24 heavy (non-hydrogen) atoms. The molecule has 2 aromatic rings. The second-order valence-electron chi connectivity index (χ2n) is 5.96. The highest BCUT2D eigenvalue weighted by atomic mass is 32.2. The lowest BCUT2D eigenvalue weighted by Crippen LogP contribution is -2.28. The van der Waals surface area contributed by atoms with Crippen LogP contribution in [0.15, 0.2) is 27.6 Å². The first kappa shape index (κ1) is 16.7. The fraction of sp³-hybridized carbons (Fsp3) is 0.375. The number of benzene rings is 1. The van der Waals surface area contributed by atoms with E-state index in [1.165, 1.54) is 0 Å². The number of nitrogens with zero attached hydrogens (tertiary/aromatic N) is 1. The maximum atomic E-state index is 12.6. The van der Waals surface area contributed by atoms with Crippen LogP contribution in [0.25, 0.3) is 0 Å². The number of aryl methyl sites for hydroxylation is 3. The summed E-state index contributed by atoms with van der Waals surface area (Å²) in [5.41, 5.74) is 2.96. The number of anilines is 1. The van der Waals surface area contributed by atoms with Gasteiger partial charge in [-0.05, 0) is 44.4 Å². The molecular formula is C16H19N3O4S. The van der Waals surface area contributed by atoms with Crippen LogP contribution in [0.1, 0.15) is 42.0 Å². The molecule has 1 amide bonds. The van der Waals surface area contributed by atoms with Crippen LogP contribution >= 0.6 is 0 Å². The number of aromatic nitrogens is 1. The van der Waals surface area contributed by atoms with E-state index in [1.54, 1.807) is 20.8 Å².